The van der Waals surface area contributed by atoms with Gasteiger partial charge < -0.3 is 0 Å². The van der Waals surface area contributed by atoms with Crippen LogP contribution in [-0.4, -0.2) is 5.78 Å². The van der Waals surface area contributed by atoms with E-state index in [0.717, 1.165) is 40.8 Å². The zero-order valence-electron chi connectivity index (χ0n) is 12.1. The van der Waals surface area contributed by atoms with Gasteiger partial charge >= 0.3 is 0 Å². The van der Waals surface area contributed by atoms with Crippen LogP contribution < -0.4 is 0 Å². The lowest BCUT2D eigenvalue weighted by atomic mass is 9.87. The molecule has 0 amide bonds. The molecule has 1 heterocycles. The van der Waals surface area contributed by atoms with E-state index in [1.165, 1.54) is 5.56 Å². The molecule has 1 aliphatic rings. The van der Waals surface area contributed by atoms with Crippen LogP contribution in [0, 0.1) is 6.92 Å². The first-order valence-corrected chi connectivity index (χ1v) is 8.16. The third-order valence-corrected chi connectivity index (χ3v) is 4.57. The number of aryl methyl sites for hydroxylation is 1. The van der Waals surface area contributed by atoms with E-state index in [1.807, 2.05) is 17.5 Å². The van der Waals surface area contributed by atoms with Gasteiger partial charge in [-0.25, -0.2) is 0 Å². The summed E-state index contributed by atoms with van der Waals surface area (Å²) in [7, 11) is 0. The van der Waals surface area contributed by atoms with Gasteiger partial charge in [-0.05, 0) is 55.3 Å². The van der Waals surface area contributed by atoms with Crippen molar-refractivity contribution in [3.8, 4) is 0 Å². The molecule has 0 spiro atoms. The molecule has 1 nitrogen and oxygen atoms in total. The minimum absolute atomic E-state index is 0.218. The highest BCUT2D eigenvalue weighted by Gasteiger charge is 2.20. The highest BCUT2D eigenvalue weighted by atomic mass is 32.1. The van der Waals surface area contributed by atoms with Crippen LogP contribution in [0.1, 0.15) is 35.3 Å². The van der Waals surface area contributed by atoms with Crippen molar-refractivity contribution in [2.24, 2.45) is 0 Å². The zero-order chi connectivity index (χ0) is 14.7. The van der Waals surface area contributed by atoms with Gasteiger partial charge in [0.05, 0.1) is 0 Å². The van der Waals surface area contributed by atoms with Gasteiger partial charge in [0, 0.05) is 16.0 Å². The summed E-state index contributed by atoms with van der Waals surface area (Å²) in [6.45, 7) is 2.07. The number of carbonyl (C=O) groups is 1. The average molecular weight is 294 g/mol. The molecular formula is C19H18OS. The van der Waals surface area contributed by atoms with E-state index in [2.05, 4.69) is 43.3 Å². The zero-order valence-corrected chi connectivity index (χ0v) is 13.0. The highest BCUT2D eigenvalue weighted by Crippen LogP contribution is 2.28. The minimum atomic E-state index is 0.218. The van der Waals surface area contributed by atoms with E-state index in [1.54, 1.807) is 11.3 Å². The van der Waals surface area contributed by atoms with E-state index in [9.17, 15) is 4.79 Å². The summed E-state index contributed by atoms with van der Waals surface area (Å²) >= 11 is 1.68. The first-order valence-electron chi connectivity index (χ1n) is 7.28. The third kappa shape index (κ3) is 3.40. The van der Waals surface area contributed by atoms with Crippen molar-refractivity contribution in [3.63, 3.8) is 0 Å². The summed E-state index contributed by atoms with van der Waals surface area (Å²) < 4.78 is 0. The second kappa shape index (κ2) is 6.23. The molecule has 0 unspecified atom stereocenters. The lowest BCUT2D eigenvalue weighted by Crippen LogP contribution is -2.12. The van der Waals surface area contributed by atoms with Gasteiger partial charge in [0.15, 0.2) is 5.78 Å². The number of allylic oxidation sites excluding steroid dienone is 2. The van der Waals surface area contributed by atoms with Crippen LogP contribution in [0.2, 0.25) is 0 Å². The maximum Gasteiger partial charge on any atom is 0.185 e. The molecule has 0 atom stereocenters. The normalized spacial score (nSPS) is 19.4. The van der Waals surface area contributed by atoms with E-state index in [-0.39, 0.29) is 5.78 Å². The van der Waals surface area contributed by atoms with Gasteiger partial charge in [0.25, 0.3) is 0 Å². The van der Waals surface area contributed by atoms with Gasteiger partial charge in [0.1, 0.15) is 0 Å². The van der Waals surface area contributed by atoms with Crippen molar-refractivity contribution in [3.05, 3.63) is 68.9 Å². The van der Waals surface area contributed by atoms with Crippen LogP contribution in [0.3, 0.4) is 0 Å². The number of hydrogen-bond donors (Lipinski definition) is 0. The van der Waals surface area contributed by atoms with Crippen molar-refractivity contribution in [2.75, 3.05) is 0 Å². The molecule has 2 heteroatoms. The predicted molar refractivity (Wildman–Crippen MR) is 90.3 cm³/mol. The molecule has 0 radical (unpaired) electrons. The first kappa shape index (κ1) is 14.0. The Morgan fingerprint density at radius 1 is 1.00 bits per heavy atom. The Kier molecular flexibility index (Phi) is 4.16. The summed E-state index contributed by atoms with van der Waals surface area (Å²) in [5.74, 6) is 0.218. The Bertz CT molecular complexity index is 688. The average Bonchev–Trinajstić information content (AvgIpc) is 2.99. The molecule has 1 aromatic heterocycles. The van der Waals surface area contributed by atoms with Crippen LogP contribution in [0.5, 0.6) is 0 Å². The molecule has 1 aromatic carbocycles. The smallest absolute Gasteiger partial charge is 0.185 e. The van der Waals surface area contributed by atoms with Gasteiger partial charge in [-0.3, -0.25) is 4.79 Å². The number of benzene rings is 1. The summed E-state index contributed by atoms with van der Waals surface area (Å²) in [4.78, 5) is 13.8. The molecule has 106 valence electrons. The molecule has 0 N–H and O–H groups in total. The molecule has 1 saturated carbocycles. The fourth-order valence-electron chi connectivity index (χ4n) is 2.59. The van der Waals surface area contributed by atoms with Gasteiger partial charge in [-0.1, -0.05) is 35.9 Å². The van der Waals surface area contributed by atoms with Gasteiger partial charge in [-0.15, -0.1) is 11.3 Å². The largest absolute Gasteiger partial charge is 0.289 e. The Labute approximate surface area is 129 Å². The molecule has 2 aromatic rings. The second-order valence-corrected chi connectivity index (χ2v) is 6.43. The van der Waals surface area contributed by atoms with Crippen LogP contribution >= 0.6 is 11.3 Å². The standard InChI is InChI=1S/C19H18OS/c1-14-7-9-15(10-8-14)12-16-4-2-5-17(19(16)20)13-18-6-3-11-21-18/h3,6-13H,2,4-5H2,1H3/b16-12+,17-13?. The summed E-state index contributed by atoms with van der Waals surface area (Å²) in [5, 5.41) is 2.04. The van der Waals surface area contributed by atoms with Crippen LogP contribution in [0.15, 0.2) is 52.9 Å². The van der Waals surface area contributed by atoms with Crippen LogP contribution in [-0.2, 0) is 4.79 Å². The topological polar surface area (TPSA) is 17.1 Å². The Balaban J connectivity index is 1.86. The van der Waals surface area contributed by atoms with E-state index in [4.69, 9.17) is 0 Å². The lowest BCUT2D eigenvalue weighted by molar-refractivity contribution is -0.112. The summed E-state index contributed by atoms with van der Waals surface area (Å²) in [5.41, 5.74) is 4.24. The summed E-state index contributed by atoms with van der Waals surface area (Å²) in [6, 6.07) is 12.4. The Hall–Kier alpha value is -1.93. The Morgan fingerprint density at radius 2 is 1.71 bits per heavy atom. The number of ketones is 1. The van der Waals surface area contributed by atoms with Crippen molar-refractivity contribution in [2.45, 2.75) is 26.2 Å². The number of hydrogen-bond acceptors (Lipinski definition) is 2. The quantitative estimate of drug-likeness (QED) is 0.689. The molecular weight excluding hydrogens is 276 g/mol. The number of thiophene rings is 1. The van der Waals surface area contributed by atoms with Gasteiger partial charge in [-0.2, -0.15) is 0 Å². The van der Waals surface area contributed by atoms with E-state index in [0.29, 0.717) is 0 Å². The first-order chi connectivity index (χ1) is 10.2. The highest BCUT2D eigenvalue weighted by molar-refractivity contribution is 7.10. The molecule has 0 aliphatic heterocycles. The predicted octanol–water partition coefficient (Wildman–Crippen LogP) is 5.28. The van der Waals surface area contributed by atoms with Gasteiger partial charge in [0.2, 0.25) is 0 Å². The monoisotopic (exact) mass is 294 g/mol. The molecule has 21 heavy (non-hydrogen) atoms. The van der Waals surface area contributed by atoms with E-state index < -0.39 is 0 Å². The maximum absolute atomic E-state index is 12.6. The second-order valence-electron chi connectivity index (χ2n) is 5.45. The molecule has 0 saturated heterocycles. The molecule has 0 bridgehead atoms. The van der Waals surface area contributed by atoms with Crippen molar-refractivity contribution in [1.82, 2.24) is 0 Å². The van der Waals surface area contributed by atoms with Crippen molar-refractivity contribution >= 4 is 29.3 Å². The molecule has 1 aliphatic carbocycles. The van der Waals surface area contributed by atoms with Crippen LogP contribution in [0.4, 0.5) is 0 Å². The molecule has 1 fully saturated rings. The summed E-state index contributed by atoms with van der Waals surface area (Å²) in [6.07, 6.45) is 6.93. The van der Waals surface area contributed by atoms with Crippen LogP contribution in [0.25, 0.3) is 12.2 Å². The van der Waals surface area contributed by atoms with Crippen molar-refractivity contribution in [1.29, 1.82) is 0 Å². The minimum Gasteiger partial charge on any atom is -0.289 e. The maximum atomic E-state index is 12.6. The number of rotatable bonds is 2. The SMILES string of the molecule is Cc1ccc(/C=C2\CCCC(=Cc3cccs3)C2=O)cc1. The van der Waals surface area contributed by atoms with Crippen molar-refractivity contribution < 1.29 is 4.79 Å². The fourth-order valence-corrected chi connectivity index (χ4v) is 3.27. The Morgan fingerprint density at radius 3 is 2.38 bits per heavy atom. The third-order valence-electron chi connectivity index (χ3n) is 3.75. The van der Waals surface area contributed by atoms with E-state index >= 15 is 0 Å². The molecule has 3 rings (SSSR count). The lowest BCUT2D eigenvalue weighted by Gasteiger charge is -2.16. The fraction of sp³-hybridized carbons (Fsp3) is 0.211. The number of carbonyl (C=O) groups excluding carboxylic acids is 1. The number of Topliss-reactive ketones (excluding diaryl/α,β-unsaturated/α-hetero) is 1.